The van der Waals surface area contributed by atoms with Crippen molar-refractivity contribution in [2.24, 2.45) is 11.3 Å². The molecule has 0 bridgehead atoms. The molecule has 0 N–H and O–H groups in total. The molecule has 1 amide bonds. The summed E-state index contributed by atoms with van der Waals surface area (Å²) in [5.41, 5.74) is 0.314. The van der Waals surface area contributed by atoms with E-state index in [1.165, 1.54) is 5.56 Å². The minimum atomic E-state index is -0.684. The summed E-state index contributed by atoms with van der Waals surface area (Å²) in [6.07, 6.45) is 7.54. The number of hydrogen-bond acceptors (Lipinski definition) is 2. The Balaban J connectivity index is 1.98. The van der Waals surface area contributed by atoms with Crippen LogP contribution in [0.3, 0.4) is 0 Å². The standard InChI is InChI=1S/C20H23NO2/c1-19(2,3)21-14-16(13-15-7-5-4-6-8-15)20(18(21)23)11-9-17(22)10-12-20/h4-12,16H,13-14H2,1-3H3. The van der Waals surface area contributed by atoms with Crippen LogP contribution in [0.2, 0.25) is 0 Å². The van der Waals surface area contributed by atoms with E-state index in [2.05, 4.69) is 32.9 Å². The Labute approximate surface area is 137 Å². The Morgan fingerprint density at radius 1 is 1.09 bits per heavy atom. The van der Waals surface area contributed by atoms with Crippen LogP contribution in [0.4, 0.5) is 0 Å². The maximum Gasteiger partial charge on any atom is 0.237 e. The van der Waals surface area contributed by atoms with Crippen molar-refractivity contribution in [3.63, 3.8) is 0 Å². The molecule has 2 aliphatic rings. The highest BCUT2D eigenvalue weighted by atomic mass is 16.2. The number of ketones is 1. The highest BCUT2D eigenvalue weighted by Gasteiger charge is 2.53. The topological polar surface area (TPSA) is 37.4 Å². The number of amides is 1. The molecule has 1 atom stereocenters. The number of hydrogen-bond donors (Lipinski definition) is 0. The van der Waals surface area contributed by atoms with Crippen LogP contribution in [-0.4, -0.2) is 28.7 Å². The fraction of sp³-hybridized carbons (Fsp3) is 0.400. The van der Waals surface area contributed by atoms with Crippen LogP contribution in [0.25, 0.3) is 0 Å². The monoisotopic (exact) mass is 309 g/mol. The second-order valence-corrected chi connectivity index (χ2v) is 7.48. The first-order valence-corrected chi connectivity index (χ1v) is 8.11. The third kappa shape index (κ3) is 2.76. The van der Waals surface area contributed by atoms with Gasteiger partial charge in [0.25, 0.3) is 0 Å². The zero-order valence-corrected chi connectivity index (χ0v) is 14.0. The highest BCUT2D eigenvalue weighted by molar-refractivity contribution is 6.04. The maximum atomic E-state index is 13.1. The third-order valence-corrected chi connectivity index (χ3v) is 4.88. The molecular formula is C20H23NO2. The molecule has 1 spiro atoms. The van der Waals surface area contributed by atoms with Gasteiger partial charge in [-0.1, -0.05) is 42.5 Å². The van der Waals surface area contributed by atoms with Crippen molar-refractivity contribution >= 4 is 11.7 Å². The molecule has 3 heteroatoms. The molecule has 1 saturated heterocycles. The largest absolute Gasteiger partial charge is 0.336 e. The van der Waals surface area contributed by atoms with Crippen molar-refractivity contribution in [3.8, 4) is 0 Å². The second kappa shape index (κ2) is 5.48. The summed E-state index contributed by atoms with van der Waals surface area (Å²) in [6.45, 7) is 6.89. The molecule has 1 fully saturated rings. The van der Waals surface area contributed by atoms with Gasteiger partial charge < -0.3 is 4.90 Å². The van der Waals surface area contributed by atoms with Gasteiger partial charge in [-0.2, -0.15) is 0 Å². The van der Waals surface area contributed by atoms with Gasteiger partial charge in [-0.15, -0.1) is 0 Å². The van der Waals surface area contributed by atoms with E-state index in [0.717, 1.165) is 6.42 Å². The van der Waals surface area contributed by atoms with E-state index < -0.39 is 5.41 Å². The number of rotatable bonds is 2. The molecule has 3 rings (SSSR count). The first-order valence-electron chi connectivity index (χ1n) is 8.11. The number of benzene rings is 1. The van der Waals surface area contributed by atoms with E-state index in [9.17, 15) is 9.59 Å². The lowest BCUT2D eigenvalue weighted by Gasteiger charge is -2.33. The van der Waals surface area contributed by atoms with Gasteiger partial charge in [0.05, 0.1) is 5.41 Å². The Kier molecular flexibility index (Phi) is 3.75. The van der Waals surface area contributed by atoms with E-state index in [-0.39, 0.29) is 23.1 Å². The van der Waals surface area contributed by atoms with Crippen LogP contribution in [0.15, 0.2) is 54.6 Å². The summed E-state index contributed by atoms with van der Waals surface area (Å²) < 4.78 is 0. The summed E-state index contributed by atoms with van der Waals surface area (Å²) in [5, 5.41) is 0. The summed E-state index contributed by atoms with van der Waals surface area (Å²) in [7, 11) is 0. The second-order valence-electron chi connectivity index (χ2n) is 7.48. The Morgan fingerprint density at radius 2 is 1.70 bits per heavy atom. The number of nitrogens with zero attached hydrogens (tertiary/aromatic N) is 1. The first kappa shape index (κ1) is 15.7. The zero-order chi connectivity index (χ0) is 16.7. The van der Waals surface area contributed by atoms with Crippen LogP contribution in [0, 0.1) is 11.3 Å². The van der Waals surface area contributed by atoms with Crippen molar-refractivity contribution < 1.29 is 9.59 Å². The minimum Gasteiger partial charge on any atom is -0.336 e. The lowest BCUT2D eigenvalue weighted by molar-refractivity contribution is -0.136. The van der Waals surface area contributed by atoms with Gasteiger partial charge >= 0.3 is 0 Å². The number of carbonyl (C=O) groups excluding carboxylic acids is 2. The molecule has 0 saturated carbocycles. The van der Waals surface area contributed by atoms with Gasteiger partial charge in [0.1, 0.15) is 0 Å². The highest BCUT2D eigenvalue weighted by Crippen LogP contribution is 2.45. The fourth-order valence-electron chi connectivity index (χ4n) is 3.54. The first-order chi connectivity index (χ1) is 10.8. The van der Waals surface area contributed by atoms with Crippen LogP contribution in [-0.2, 0) is 16.0 Å². The lowest BCUT2D eigenvalue weighted by atomic mass is 9.72. The average molecular weight is 309 g/mol. The zero-order valence-electron chi connectivity index (χ0n) is 14.0. The van der Waals surface area contributed by atoms with Crippen LogP contribution >= 0.6 is 0 Å². The molecule has 1 heterocycles. The molecule has 1 unspecified atom stereocenters. The SMILES string of the molecule is CC(C)(C)N1CC(Cc2ccccc2)C2(C=CC(=O)C=C2)C1=O. The molecule has 1 aliphatic heterocycles. The molecule has 120 valence electrons. The lowest BCUT2D eigenvalue weighted by Crippen LogP contribution is -2.45. The molecule has 1 aliphatic carbocycles. The van der Waals surface area contributed by atoms with E-state index in [1.807, 2.05) is 35.3 Å². The van der Waals surface area contributed by atoms with Gasteiger partial charge in [-0.05, 0) is 44.9 Å². The Morgan fingerprint density at radius 3 is 2.26 bits per heavy atom. The van der Waals surface area contributed by atoms with Crippen LogP contribution in [0.5, 0.6) is 0 Å². The quantitative estimate of drug-likeness (QED) is 0.841. The summed E-state index contributed by atoms with van der Waals surface area (Å²) in [4.78, 5) is 26.7. The third-order valence-electron chi connectivity index (χ3n) is 4.88. The van der Waals surface area contributed by atoms with Gasteiger partial charge in [0.2, 0.25) is 5.91 Å². The average Bonchev–Trinajstić information content (AvgIpc) is 2.77. The molecule has 0 aromatic heterocycles. The van der Waals surface area contributed by atoms with Crippen LogP contribution < -0.4 is 0 Å². The van der Waals surface area contributed by atoms with Gasteiger partial charge in [0, 0.05) is 18.0 Å². The predicted octanol–water partition coefficient (Wildman–Crippen LogP) is 3.17. The summed E-state index contributed by atoms with van der Waals surface area (Å²) in [5.74, 6) is 0.194. The number of carbonyl (C=O) groups is 2. The summed E-state index contributed by atoms with van der Waals surface area (Å²) in [6, 6.07) is 10.2. The molecular weight excluding hydrogens is 286 g/mol. The maximum absolute atomic E-state index is 13.1. The van der Waals surface area contributed by atoms with E-state index >= 15 is 0 Å². The van der Waals surface area contributed by atoms with Gasteiger partial charge in [0.15, 0.2) is 5.78 Å². The Hall–Kier alpha value is -2.16. The number of likely N-dealkylation sites (tertiary alicyclic amines) is 1. The van der Waals surface area contributed by atoms with Crippen molar-refractivity contribution in [1.29, 1.82) is 0 Å². The van der Waals surface area contributed by atoms with E-state index in [0.29, 0.717) is 6.54 Å². The van der Waals surface area contributed by atoms with Crippen LogP contribution in [0.1, 0.15) is 26.3 Å². The predicted molar refractivity (Wildman–Crippen MR) is 90.8 cm³/mol. The van der Waals surface area contributed by atoms with Crippen molar-refractivity contribution in [3.05, 3.63) is 60.2 Å². The van der Waals surface area contributed by atoms with Crippen molar-refractivity contribution in [1.82, 2.24) is 4.90 Å². The molecule has 3 nitrogen and oxygen atoms in total. The normalized spacial score (nSPS) is 23.1. The number of allylic oxidation sites excluding steroid dienone is 2. The molecule has 0 radical (unpaired) electrons. The molecule has 1 aromatic rings. The Bertz CT molecular complexity index is 663. The van der Waals surface area contributed by atoms with Crippen molar-refractivity contribution in [2.75, 3.05) is 6.54 Å². The summed E-state index contributed by atoms with van der Waals surface area (Å²) >= 11 is 0. The molecule has 23 heavy (non-hydrogen) atoms. The van der Waals surface area contributed by atoms with E-state index in [4.69, 9.17) is 0 Å². The smallest absolute Gasteiger partial charge is 0.237 e. The van der Waals surface area contributed by atoms with Gasteiger partial charge in [-0.25, -0.2) is 0 Å². The minimum absolute atomic E-state index is 0.0453. The molecule has 1 aromatic carbocycles. The van der Waals surface area contributed by atoms with E-state index in [1.54, 1.807) is 12.2 Å². The fourth-order valence-corrected chi connectivity index (χ4v) is 3.54. The van der Waals surface area contributed by atoms with Crippen molar-refractivity contribution in [2.45, 2.75) is 32.7 Å². The van der Waals surface area contributed by atoms with Gasteiger partial charge in [-0.3, -0.25) is 9.59 Å².